The molecule has 34 heavy (non-hydrogen) atoms. The number of hydrogen-bond donors (Lipinski definition) is 2. The number of aliphatic carboxylic acids is 1. The predicted octanol–water partition coefficient (Wildman–Crippen LogP) is 3.84. The fourth-order valence-electron chi connectivity index (χ4n) is 4.15. The number of methoxy groups -OCH3 is 2. The Morgan fingerprint density at radius 1 is 1.18 bits per heavy atom. The van der Waals surface area contributed by atoms with Crippen molar-refractivity contribution in [3.05, 3.63) is 64.2 Å². The van der Waals surface area contributed by atoms with Crippen LogP contribution in [0.4, 0.5) is 0 Å². The van der Waals surface area contributed by atoms with Crippen molar-refractivity contribution in [3.8, 4) is 17.2 Å². The van der Waals surface area contributed by atoms with Crippen LogP contribution in [0.5, 0.6) is 11.5 Å². The zero-order valence-electron chi connectivity index (χ0n) is 19.3. The van der Waals surface area contributed by atoms with Gasteiger partial charge in [-0.15, -0.1) is 10.2 Å². The maximum Gasteiger partial charge on any atom is 0.306 e. The molecule has 0 saturated carbocycles. The van der Waals surface area contributed by atoms with Crippen molar-refractivity contribution in [3.63, 3.8) is 0 Å². The fourth-order valence-corrected chi connectivity index (χ4v) is 4.33. The molecule has 0 fully saturated rings. The second-order valence-electron chi connectivity index (χ2n) is 8.65. The van der Waals surface area contributed by atoms with Gasteiger partial charge >= 0.3 is 5.97 Å². The Balaban J connectivity index is 2.04. The van der Waals surface area contributed by atoms with Crippen LogP contribution in [-0.2, 0) is 14.9 Å². The molecule has 3 aromatic rings. The topological polar surface area (TPSA) is 116 Å². The average Bonchev–Trinajstić information content (AvgIpc) is 3.22. The van der Waals surface area contributed by atoms with Crippen LogP contribution in [-0.4, -0.2) is 51.8 Å². The molecule has 180 valence electrons. The highest BCUT2D eigenvalue weighted by Gasteiger charge is 2.39. The summed E-state index contributed by atoms with van der Waals surface area (Å²) in [6.07, 6.45) is -2.04. The quantitative estimate of drug-likeness (QED) is 0.516. The molecule has 1 aliphatic heterocycles. The summed E-state index contributed by atoms with van der Waals surface area (Å²) < 4.78 is 19.3. The van der Waals surface area contributed by atoms with Crippen molar-refractivity contribution in [2.45, 2.75) is 37.9 Å². The van der Waals surface area contributed by atoms with Crippen LogP contribution in [0.15, 0.2) is 36.4 Å². The number of para-hydroxylation sites is 1. The summed E-state index contributed by atoms with van der Waals surface area (Å²) in [4.78, 5) is 11.8. The Labute approximate surface area is 201 Å². The van der Waals surface area contributed by atoms with E-state index in [4.69, 9.17) is 25.8 Å². The number of halogens is 1. The van der Waals surface area contributed by atoms with Gasteiger partial charge in [0.15, 0.2) is 17.3 Å². The number of rotatable bonds is 7. The molecule has 2 heterocycles. The Bertz CT molecular complexity index is 1230. The molecule has 2 unspecified atom stereocenters. The molecule has 9 nitrogen and oxygen atoms in total. The van der Waals surface area contributed by atoms with Gasteiger partial charge < -0.3 is 24.4 Å². The van der Waals surface area contributed by atoms with Crippen LogP contribution >= 0.6 is 11.6 Å². The molecule has 1 aromatic heterocycles. The molecular weight excluding hydrogens is 462 g/mol. The summed E-state index contributed by atoms with van der Waals surface area (Å²) in [5.41, 5.74) is 1.22. The molecule has 0 saturated heterocycles. The number of aliphatic hydroxyl groups excluding tert-OH is 1. The van der Waals surface area contributed by atoms with Crippen molar-refractivity contribution < 1.29 is 29.2 Å². The Hall–Kier alpha value is -3.14. The number of hydrogen-bond acceptors (Lipinski definition) is 7. The molecule has 1 aliphatic rings. The molecule has 0 aliphatic carbocycles. The number of aliphatic hydroxyl groups is 1. The summed E-state index contributed by atoms with van der Waals surface area (Å²) in [6.45, 7) is 3.48. The lowest BCUT2D eigenvalue weighted by molar-refractivity contribution is -0.141. The van der Waals surface area contributed by atoms with Gasteiger partial charge in [0.05, 0.1) is 32.9 Å². The zero-order valence-corrected chi connectivity index (χ0v) is 20.0. The molecule has 4 rings (SSSR count). The summed E-state index contributed by atoms with van der Waals surface area (Å²) in [6, 6.07) is 10.7. The van der Waals surface area contributed by atoms with Crippen molar-refractivity contribution in [1.29, 1.82) is 0 Å². The number of ether oxygens (including phenoxy) is 3. The van der Waals surface area contributed by atoms with Gasteiger partial charge in [0.1, 0.15) is 18.0 Å². The minimum Gasteiger partial charge on any atom is -0.493 e. The number of carboxylic acids is 1. The molecule has 2 aromatic carbocycles. The number of carboxylic acid groups (broad SMARTS) is 1. The highest BCUT2D eigenvalue weighted by Crippen LogP contribution is 2.46. The predicted molar refractivity (Wildman–Crippen MR) is 124 cm³/mol. The number of carbonyl (C=O) groups is 1. The van der Waals surface area contributed by atoms with E-state index in [1.807, 2.05) is 32.0 Å². The molecule has 2 N–H and O–H groups in total. The first-order valence-electron chi connectivity index (χ1n) is 10.7. The molecule has 0 amide bonds. The summed E-state index contributed by atoms with van der Waals surface area (Å²) in [5, 5.41) is 28.8. The van der Waals surface area contributed by atoms with E-state index in [2.05, 4.69) is 10.2 Å². The third-order valence-corrected chi connectivity index (χ3v) is 6.10. The smallest absolute Gasteiger partial charge is 0.306 e. The van der Waals surface area contributed by atoms with Crippen LogP contribution in [0.1, 0.15) is 55.3 Å². The Morgan fingerprint density at radius 2 is 1.94 bits per heavy atom. The first-order valence-corrected chi connectivity index (χ1v) is 11.0. The molecule has 2 atom stereocenters. The van der Waals surface area contributed by atoms with E-state index < -0.39 is 23.6 Å². The van der Waals surface area contributed by atoms with E-state index in [0.717, 1.165) is 0 Å². The lowest BCUT2D eigenvalue weighted by Crippen LogP contribution is -2.27. The lowest BCUT2D eigenvalue weighted by atomic mass is 9.93. The normalized spacial score (nSPS) is 17.5. The summed E-state index contributed by atoms with van der Waals surface area (Å²) in [5.74, 6) is 0.719. The van der Waals surface area contributed by atoms with Crippen LogP contribution in [0.25, 0.3) is 5.69 Å². The standard InChI is InChI=1S/C24H26ClN3O6/c1-24(2,12-29)23-27-26-22-18(11-19(30)31)34-20(14-6-5-7-17(32-3)21(14)33-4)15-10-13(25)8-9-16(15)28(22)23/h5-10,18,20,29H,11-12H2,1-4H3,(H,30,31). The second-order valence-corrected chi connectivity index (χ2v) is 9.08. The van der Waals surface area contributed by atoms with Crippen LogP contribution in [0.3, 0.4) is 0 Å². The monoisotopic (exact) mass is 487 g/mol. The number of benzene rings is 2. The summed E-state index contributed by atoms with van der Waals surface area (Å²) in [7, 11) is 3.07. The SMILES string of the molecule is COc1cccc(C2OC(CC(=O)O)c3nnc(C(C)(C)CO)n3-c3ccc(Cl)cc32)c1OC. The minimum atomic E-state index is -1.05. The maximum absolute atomic E-state index is 11.8. The largest absolute Gasteiger partial charge is 0.493 e. The fraction of sp³-hybridized carbons (Fsp3) is 0.375. The minimum absolute atomic E-state index is 0.189. The first kappa shape index (κ1) is 24.0. The van der Waals surface area contributed by atoms with Crippen molar-refractivity contribution in [2.24, 2.45) is 0 Å². The van der Waals surface area contributed by atoms with E-state index in [0.29, 0.717) is 45.0 Å². The van der Waals surface area contributed by atoms with E-state index in [-0.39, 0.29) is 13.0 Å². The van der Waals surface area contributed by atoms with Gasteiger partial charge in [0.2, 0.25) is 0 Å². The molecular formula is C24H26ClN3O6. The van der Waals surface area contributed by atoms with Crippen molar-refractivity contribution in [1.82, 2.24) is 14.8 Å². The number of aromatic nitrogens is 3. The Morgan fingerprint density at radius 3 is 2.59 bits per heavy atom. The van der Waals surface area contributed by atoms with E-state index in [1.54, 1.807) is 22.8 Å². The highest BCUT2D eigenvalue weighted by molar-refractivity contribution is 6.30. The van der Waals surface area contributed by atoms with Crippen LogP contribution in [0.2, 0.25) is 5.02 Å². The highest BCUT2D eigenvalue weighted by atomic mass is 35.5. The van der Waals surface area contributed by atoms with E-state index in [1.165, 1.54) is 14.2 Å². The van der Waals surface area contributed by atoms with E-state index in [9.17, 15) is 15.0 Å². The van der Waals surface area contributed by atoms with Gasteiger partial charge in [-0.3, -0.25) is 9.36 Å². The van der Waals surface area contributed by atoms with Gasteiger partial charge in [-0.25, -0.2) is 0 Å². The van der Waals surface area contributed by atoms with Gasteiger partial charge in [-0.2, -0.15) is 0 Å². The molecule has 0 radical (unpaired) electrons. The van der Waals surface area contributed by atoms with Crippen molar-refractivity contribution in [2.75, 3.05) is 20.8 Å². The third-order valence-electron chi connectivity index (χ3n) is 5.87. The van der Waals surface area contributed by atoms with Crippen molar-refractivity contribution >= 4 is 17.6 Å². The number of nitrogens with zero attached hydrogens (tertiary/aromatic N) is 3. The zero-order chi connectivity index (χ0) is 24.6. The maximum atomic E-state index is 11.8. The molecule has 0 spiro atoms. The van der Waals surface area contributed by atoms with Gasteiger partial charge in [0.25, 0.3) is 0 Å². The van der Waals surface area contributed by atoms with Crippen LogP contribution in [0, 0.1) is 0 Å². The van der Waals surface area contributed by atoms with Crippen LogP contribution < -0.4 is 9.47 Å². The number of fused-ring (bicyclic) bond motifs is 3. The average molecular weight is 488 g/mol. The molecule has 0 bridgehead atoms. The molecule has 10 heteroatoms. The van der Waals surface area contributed by atoms with Gasteiger partial charge in [-0.05, 0) is 24.3 Å². The first-order chi connectivity index (χ1) is 16.2. The van der Waals surface area contributed by atoms with Gasteiger partial charge in [-0.1, -0.05) is 37.6 Å². The second kappa shape index (κ2) is 9.25. The third kappa shape index (κ3) is 4.11. The Kier molecular flexibility index (Phi) is 6.53. The van der Waals surface area contributed by atoms with E-state index >= 15 is 0 Å². The summed E-state index contributed by atoms with van der Waals surface area (Å²) >= 11 is 6.41. The van der Waals surface area contributed by atoms with Gasteiger partial charge in [0, 0.05) is 21.6 Å². The lowest BCUT2D eigenvalue weighted by Gasteiger charge is -2.25.